The van der Waals surface area contributed by atoms with E-state index < -0.39 is 0 Å². The summed E-state index contributed by atoms with van der Waals surface area (Å²) in [6.07, 6.45) is 14.0. The molecule has 0 aliphatic heterocycles. The number of allylic oxidation sites excluding steroid dienone is 7. The van der Waals surface area contributed by atoms with E-state index in [0.717, 1.165) is 6.42 Å². The summed E-state index contributed by atoms with van der Waals surface area (Å²) in [6.45, 7) is 5.92. The third-order valence-electron chi connectivity index (χ3n) is 2.12. The molecule has 0 saturated carbocycles. The maximum atomic E-state index is 3.71. The molecule has 0 amide bonds. The van der Waals surface area contributed by atoms with Gasteiger partial charge in [-0.15, -0.1) is 6.58 Å². The van der Waals surface area contributed by atoms with Crippen molar-refractivity contribution >= 4 is 0 Å². The average Bonchev–Trinajstić information content (AvgIpc) is 2.56. The first-order valence-electron chi connectivity index (χ1n) is 4.50. The molecule has 1 aliphatic carbocycles. The SMILES string of the molecule is C=CCCCC(C)=C1C=CC=C1. The van der Waals surface area contributed by atoms with E-state index >= 15 is 0 Å². The van der Waals surface area contributed by atoms with Gasteiger partial charge in [0.15, 0.2) is 0 Å². The number of rotatable bonds is 4. The molecule has 0 fully saturated rings. The Balaban J connectivity index is 2.41. The summed E-state index contributed by atoms with van der Waals surface area (Å²) in [6, 6.07) is 0. The van der Waals surface area contributed by atoms with Crippen molar-refractivity contribution in [1.82, 2.24) is 0 Å². The Hall–Kier alpha value is -1.04. The highest BCUT2D eigenvalue weighted by molar-refractivity contribution is 5.42. The zero-order chi connectivity index (χ0) is 8.81. The minimum absolute atomic E-state index is 1.12. The van der Waals surface area contributed by atoms with Gasteiger partial charge in [0.1, 0.15) is 0 Å². The van der Waals surface area contributed by atoms with Crippen molar-refractivity contribution in [3.63, 3.8) is 0 Å². The predicted molar refractivity (Wildman–Crippen MR) is 55.0 cm³/mol. The number of hydrogen-bond acceptors (Lipinski definition) is 0. The van der Waals surface area contributed by atoms with Gasteiger partial charge in [0.05, 0.1) is 0 Å². The lowest BCUT2D eigenvalue weighted by Crippen LogP contribution is -1.81. The molecule has 0 spiro atoms. The van der Waals surface area contributed by atoms with Crippen LogP contribution in [0.2, 0.25) is 0 Å². The fourth-order valence-electron chi connectivity index (χ4n) is 1.31. The van der Waals surface area contributed by atoms with E-state index in [1.165, 1.54) is 24.0 Å². The summed E-state index contributed by atoms with van der Waals surface area (Å²) in [7, 11) is 0. The van der Waals surface area contributed by atoms with Gasteiger partial charge < -0.3 is 0 Å². The Kier molecular flexibility index (Phi) is 3.59. The molecule has 64 valence electrons. The molecule has 0 heterocycles. The fraction of sp³-hybridized carbons (Fsp3) is 0.333. The lowest BCUT2D eigenvalue weighted by Gasteiger charge is -2.01. The zero-order valence-electron chi connectivity index (χ0n) is 7.72. The maximum Gasteiger partial charge on any atom is -0.0267 e. The van der Waals surface area contributed by atoms with Crippen molar-refractivity contribution in [3.8, 4) is 0 Å². The first-order valence-corrected chi connectivity index (χ1v) is 4.50. The lowest BCUT2D eigenvalue weighted by atomic mass is 10.0. The van der Waals surface area contributed by atoms with Crippen LogP contribution in [-0.2, 0) is 0 Å². The first kappa shape index (κ1) is 9.05. The monoisotopic (exact) mass is 160 g/mol. The number of unbranched alkanes of at least 4 members (excludes halogenated alkanes) is 1. The largest absolute Gasteiger partial charge is 0.103 e. The minimum Gasteiger partial charge on any atom is -0.103 e. The molecular formula is C12H16. The van der Waals surface area contributed by atoms with Crippen LogP contribution in [0.1, 0.15) is 26.2 Å². The van der Waals surface area contributed by atoms with Gasteiger partial charge in [0.2, 0.25) is 0 Å². The molecule has 0 aromatic rings. The van der Waals surface area contributed by atoms with Crippen molar-refractivity contribution in [2.24, 2.45) is 0 Å². The van der Waals surface area contributed by atoms with Gasteiger partial charge in [0.25, 0.3) is 0 Å². The van der Waals surface area contributed by atoms with Gasteiger partial charge in [-0.3, -0.25) is 0 Å². The Labute approximate surface area is 75.0 Å². The Morgan fingerprint density at radius 3 is 2.67 bits per heavy atom. The highest BCUT2D eigenvalue weighted by Gasteiger charge is 1.97. The highest BCUT2D eigenvalue weighted by atomic mass is 14.0. The van der Waals surface area contributed by atoms with E-state index in [2.05, 4.69) is 37.8 Å². The molecule has 0 bridgehead atoms. The molecule has 0 unspecified atom stereocenters. The smallest absolute Gasteiger partial charge is 0.0267 e. The Bertz CT molecular complexity index is 225. The molecule has 0 aromatic heterocycles. The highest BCUT2D eigenvalue weighted by Crippen LogP contribution is 2.17. The third-order valence-corrected chi connectivity index (χ3v) is 2.12. The van der Waals surface area contributed by atoms with Gasteiger partial charge >= 0.3 is 0 Å². The van der Waals surface area contributed by atoms with Crippen LogP contribution in [0.25, 0.3) is 0 Å². The molecule has 0 heteroatoms. The molecule has 0 radical (unpaired) electrons. The molecule has 0 aromatic carbocycles. The number of hydrogen-bond donors (Lipinski definition) is 0. The topological polar surface area (TPSA) is 0 Å². The van der Waals surface area contributed by atoms with Gasteiger partial charge in [-0.1, -0.05) is 36.0 Å². The molecular weight excluding hydrogens is 144 g/mol. The molecule has 1 aliphatic rings. The zero-order valence-corrected chi connectivity index (χ0v) is 7.72. The standard InChI is InChI=1S/C12H16/c1-3-4-5-8-11(2)12-9-6-7-10-12/h3,6-7,9-10H,1,4-5,8H2,2H3. The van der Waals surface area contributed by atoms with Crippen LogP contribution in [0.15, 0.2) is 48.1 Å². The van der Waals surface area contributed by atoms with Crippen LogP contribution in [0.3, 0.4) is 0 Å². The maximum absolute atomic E-state index is 3.71. The Morgan fingerprint density at radius 2 is 2.08 bits per heavy atom. The fourth-order valence-corrected chi connectivity index (χ4v) is 1.31. The summed E-state index contributed by atoms with van der Waals surface area (Å²) in [5.74, 6) is 0. The quantitative estimate of drug-likeness (QED) is 0.433. The lowest BCUT2D eigenvalue weighted by molar-refractivity contribution is 0.830. The second-order valence-corrected chi connectivity index (χ2v) is 3.13. The van der Waals surface area contributed by atoms with Crippen LogP contribution in [-0.4, -0.2) is 0 Å². The summed E-state index contributed by atoms with van der Waals surface area (Å²) in [5, 5.41) is 0. The van der Waals surface area contributed by atoms with Crippen molar-refractivity contribution in [3.05, 3.63) is 48.1 Å². The minimum atomic E-state index is 1.12. The van der Waals surface area contributed by atoms with Gasteiger partial charge in [-0.25, -0.2) is 0 Å². The van der Waals surface area contributed by atoms with E-state index in [0.29, 0.717) is 0 Å². The van der Waals surface area contributed by atoms with E-state index in [-0.39, 0.29) is 0 Å². The van der Waals surface area contributed by atoms with Crippen molar-refractivity contribution in [2.75, 3.05) is 0 Å². The van der Waals surface area contributed by atoms with Crippen LogP contribution in [0.5, 0.6) is 0 Å². The second kappa shape index (κ2) is 4.76. The predicted octanol–water partition coefficient (Wildman–Crippen LogP) is 3.79. The van der Waals surface area contributed by atoms with Crippen LogP contribution in [0, 0.1) is 0 Å². The van der Waals surface area contributed by atoms with E-state index in [1.807, 2.05) is 6.08 Å². The van der Waals surface area contributed by atoms with E-state index in [1.54, 1.807) is 0 Å². The van der Waals surface area contributed by atoms with Gasteiger partial charge in [-0.05, 0) is 31.8 Å². The van der Waals surface area contributed by atoms with E-state index in [9.17, 15) is 0 Å². The molecule has 1 rings (SSSR count). The van der Waals surface area contributed by atoms with Crippen LogP contribution >= 0.6 is 0 Å². The summed E-state index contributed by atoms with van der Waals surface area (Å²) in [5.41, 5.74) is 2.88. The first-order chi connectivity index (χ1) is 5.84. The van der Waals surface area contributed by atoms with Gasteiger partial charge in [0, 0.05) is 0 Å². The molecule has 12 heavy (non-hydrogen) atoms. The van der Waals surface area contributed by atoms with Crippen molar-refractivity contribution in [1.29, 1.82) is 0 Å². The molecule has 0 saturated heterocycles. The normalized spacial score (nSPS) is 13.9. The van der Waals surface area contributed by atoms with Crippen LogP contribution < -0.4 is 0 Å². The third kappa shape index (κ3) is 2.54. The van der Waals surface area contributed by atoms with Crippen molar-refractivity contribution in [2.45, 2.75) is 26.2 Å². The van der Waals surface area contributed by atoms with E-state index in [4.69, 9.17) is 0 Å². The van der Waals surface area contributed by atoms with Crippen molar-refractivity contribution < 1.29 is 0 Å². The Morgan fingerprint density at radius 1 is 1.42 bits per heavy atom. The second-order valence-electron chi connectivity index (χ2n) is 3.13. The molecule has 0 N–H and O–H groups in total. The molecule has 0 atom stereocenters. The van der Waals surface area contributed by atoms with Crippen LogP contribution in [0.4, 0.5) is 0 Å². The van der Waals surface area contributed by atoms with Gasteiger partial charge in [-0.2, -0.15) is 0 Å². The summed E-state index contributed by atoms with van der Waals surface area (Å²) in [4.78, 5) is 0. The molecule has 0 nitrogen and oxygen atoms in total. The summed E-state index contributed by atoms with van der Waals surface area (Å²) >= 11 is 0. The summed E-state index contributed by atoms with van der Waals surface area (Å²) < 4.78 is 0. The average molecular weight is 160 g/mol.